The Bertz CT molecular complexity index is 4610. The molecule has 3 aliphatic rings. The number of aromatic nitrogens is 3. The highest BCUT2D eigenvalue weighted by molar-refractivity contribution is 7.89. The molecule has 97 heavy (non-hydrogen) atoms. The van der Waals surface area contributed by atoms with Crippen LogP contribution in [0.15, 0.2) is 136 Å². The van der Waals surface area contributed by atoms with E-state index in [4.69, 9.17) is 11.6 Å². The van der Waals surface area contributed by atoms with E-state index in [1.807, 2.05) is 20.8 Å². The number of amides is 3. The van der Waals surface area contributed by atoms with Crippen molar-refractivity contribution in [3.8, 4) is 0 Å². The molecule has 0 bridgehead atoms. The first kappa shape index (κ1) is 71.6. The maximum Gasteiger partial charge on any atom is 0.256 e. The molecule has 0 aliphatic carbocycles. The zero-order valence-electron chi connectivity index (χ0n) is 52.2. The van der Waals surface area contributed by atoms with Crippen LogP contribution in [0.25, 0.3) is 32.7 Å². The standard InChI is InChI=1S/C22H23ClFN3O4S.C22H22F3N3O4S.C22H23F2N3O4S/c1-13-11-27(7-5-14(13)12-28)32(30,31)16-9-18(17-4-6-25-21(17)10-16)22(29)26-15-2-3-20(24)19(23)8-15;1-12-10-28(5-3-13(12)11-29)33(31,32)15-8-17(16-2-4-26-20(16)9-15)22(30)27-14-6-18(23)21(25)19(24)7-14;1-13-11-27(7-5-14(13)12-28)32(30,31)16-9-18(17-4-6-25-21(17)10-16)22(29)26-15-2-3-19(23)20(24)8-15/h2-4,6,8-10,13-14,25,28H,5,7,11-12H2,1H3,(H,26,29);2,4,6-9,12-13,26,29H,3,5,10-11H2,1H3,(H,27,30);2-4,6,8-10,13-14,25,28H,5,7,11-12H2,1H3,(H,26,29). The molecule has 0 saturated carbocycles. The third kappa shape index (κ3) is 15.4. The summed E-state index contributed by atoms with van der Waals surface area (Å²) in [5, 5.41) is 37.1. The fourth-order valence-corrected chi connectivity index (χ4v) is 17.2. The van der Waals surface area contributed by atoms with Crippen LogP contribution in [-0.2, 0) is 30.1 Å². The number of carbonyl (C=O) groups is 3. The lowest BCUT2D eigenvalue weighted by Gasteiger charge is -2.35. The second kappa shape index (κ2) is 29.5. The van der Waals surface area contributed by atoms with Crippen LogP contribution >= 0.6 is 11.6 Å². The van der Waals surface area contributed by atoms with Gasteiger partial charge < -0.3 is 46.2 Å². The summed E-state index contributed by atoms with van der Waals surface area (Å²) in [7, 11) is -11.7. The summed E-state index contributed by atoms with van der Waals surface area (Å²) >= 11 is 5.79. The summed E-state index contributed by atoms with van der Waals surface area (Å²) in [6, 6.07) is 21.2. The zero-order chi connectivity index (χ0) is 70.0. The molecular weight excluding hydrogens is 1360 g/mol. The number of halogens is 7. The quantitative estimate of drug-likeness (QED) is 0.0342. The van der Waals surface area contributed by atoms with Gasteiger partial charge in [0.05, 0.1) is 36.4 Å². The second-order valence-electron chi connectivity index (χ2n) is 24.3. The van der Waals surface area contributed by atoms with Gasteiger partial charge in [-0.3, -0.25) is 14.4 Å². The van der Waals surface area contributed by atoms with Crippen molar-refractivity contribution in [3.63, 3.8) is 0 Å². The van der Waals surface area contributed by atoms with Crippen LogP contribution in [0.3, 0.4) is 0 Å². The number of anilines is 3. The number of piperidine rings is 3. The van der Waals surface area contributed by atoms with Gasteiger partial charge in [-0.15, -0.1) is 0 Å². The number of carbonyl (C=O) groups excluding carboxylic acids is 3. The predicted molar refractivity (Wildman–Crippen MR) is 352 cm³/mol. The molecule has 3 fully saturated rings. The van der Waals surface area contributed by atoms with Crippen LogP contribution < -0.4 is 16.0 Å². The van der Waals surface area contributed by atoms with E-state index in [0.717, 1.165) is 18.2 Å². The summed E-state index contributed by atoms with van der Waals surface area (Å²) in [5.74, 6) is -9.24. The number of H-pyrrole nitrogens is 3. The minimum Gasteiger partial charge on any atom is -0.396 e. The van der Waals surface area contributed by atoms with Crippen LogP contribution in [0.2, 0.25) is 5.02 Å². The Morgan fingerprint density at radius 2 is 0.763 bits per heavy atom. The summed E-state index contributed by atoms with van der Waals surface area (Å²) in [4.78, 5) is 47.5. The lowest BCUT2D eigenvalue weighted by atomic mass is 9.89. The normalized spacial score (nSPS) is 19.8. The molecule has 6 atom stereocenters. The van der Waals surface area contributed by atoms with Gasteiger partial charge in [0.25, 0.3) is 17.7 Å². The highest BCUT2D eigenvalue weighted by Gasteiger charge is 2.38. The first-order valence-corrected chi connectivity index (χ1v) is 35.4. The monoisotopic (exact) mass is 1420 g/mol. The highest BCUT2D eigenvalue weighted by Crippen LogP contribution is 2.35. The van der Waals surface area contributed by atoms with E-state index in [1.165, 1.54) is 73.7 Å². The van der Waals surface area contributed by atoms with Crippen LogP contribution in [0.4, 0.5) is 43.4 Å². The van der Waals surface area contributed by atoms with E-state index in [0.29, 0.717) is 82.9 Å². The number of nitrogens with one attached hydrogen (secondary N) is 6. The van der Waals surface area contributed by atoms with Crippen LogP contribution in [0.5, 0.6) is 0 Å². The second-order valence-corrected chi connectivity index (χ2v) is 30.5. The highest BCUT2D eigenvalue weighted by atomic mass is 35.5. The van der Waals surface area contributed by atoms with Gasteiger partial charge in [0.15, 0.2) is 29.1 Å². The number of aliphatic hydroxyl groups is 3. The van der Waals surface area contributed by atoms with E-state index in [-0.39, 0.29) is 129 Å². The molecule has 21 nitrogen and oxygen atoms in total. The van der Waals surface area contributed by atoms with Crippen molar-refractivity contribution in [1.29, 1.82) is 0 Å². The Kier molecular flexibility index (Phi) is 21.8. The molecular formula is C66H68ClF6N9O12S3. The first-order valence-electron chi connectivity index (χ1n) is 30.7. The number of hydrogen-bond acceptors (Lipinski definition) is 12. The van der Waals surface area contributed by atoms with Crippen LogP contribution in [-0.4, -0.2) is 145 Å². The van der Waals surface area contributed by atoms with Crippen LogP contribution in [0, 0.1) is 70.4 Å². The van der Waals surface area contributed by atoms with Gasteiger partial charge in [0.2, 0.25) is 30.1 Å². The minimum absolute atomic E-state index is 0.00406. The van der Waals surface area contributed by atoms with E-state index >= 15 is 0 Å². The zero-order valence-corrected chi connectivity index (χ0v) is 55.4. The van der Waals surface area contributed by atoms with Gasteiger partial charge in [-0.2, -0.15) is 12.9 Å². The largest absolute Gasteiger partial charge is 0.396 e. The lowest BCUT2D eigenvalue weighted by Crippen LogP contribution is -2.43. The van der Waals surface area contributed by atoms with Crippen molar-refractivity contribution in [2.24, 2.45) is 35.5 Å². The van der Waals surface area contributed by atoms with Gasteiger partial charge in [-0.05, 0) is 140 Å². The number of benzene rings is 6. The third-order valence-electron chi connectivity index (χ3n) is 18.0. The number of sulfonamides is 3. The first-order chi connectivity index (χ1) is 46.0. The Morgan fingerprint density at radius 1 is 0.443 bits per heavy atom. The van der Waals surface area contributed by atoms with E-state index in [2.05, 4.69) is 30.9 Å². The van der Waals surface area contributed by atoms with Crippen LogP contribution in [0.1, 0.15) is 71.1 Å². The molecule has 0 spiro atoms. The summed E-state index contributed by atoms with van der Waals surface area (Å²) in [6.07, 6.45) is 6.37. The molecule has 3 amide bonds. The molecule has 31 heteroatoms. The summed E-state index contributed by atoms with van der Waals surface area (Å²) < 4.78 is 165. The molecule has 6 aromatic carbocycles. The fourth-order valence-electron chi connectivity index (χ4n) is 12.2. The van der Waals surface area contributed by atoms with Crippen molar-refractivity contribution < 1.29 is 81.3 Å². The smallest absolute Gasteiger partial charge is 0.256 e. The van der Waals surface area contributed by atoms with Crippen molar-refractivity contribution in [3.05, 3.63) is 178 Å². The van der Waals surface area contributed by atoms with Gasteiger partial charge in [-0.1, -0.05) is 32.4 Å². The van der Waals surface area contributed by atoms with Gasteiger partial charge in [0.1, 0.15) is 5.82 Å². The molecule has 6 heterocycles. The number of aliphatic hydroxyl groups excluding tert-OH is 3. The number of hydrogen-bond donors (Lipinski definition) is 9. The molecule has 9 N–H and O–H groups in total. The van der Waals surface area contributed by atoms with E-state index in [1.54, 1.807) is 30.6 Å². The maximum absolute atomic E-state index is 13.5. The molecule has 12 rings (SSSR count). The Hall–Kier alpha value is -8.17. The number of fused-ring (bicyclic) bond motifs is 3. The third-order valence-corrected chi connectivity index (χ3v) is 23.8. The topological polar surface area (TPSA) is 308 Å². The van der Waals surface area contributed by atoms with Crippen molar-refractivity contribution >= 4 is 109 Å². The predicted octanol–water partition coefficient (Wildman–Crippen LogP) is 10.7. The average Bonchev–Trinajstić information content (AvgIpc) is 1.74. The van der Waals surface area contributed by atoms with Crippen molar-refractivity contribution in [1.82, 2.24) is 27.9 Å². The van der Waals surface area contributed by atoms with Crippen molar-refractivity contribution in [2.45, 2.75) is 54.7 Å². The van der Waals surface area contributed by atoms with Gasteiger partial charge in [-0.25, -0.2) is 51.6 Å². The summed E-state index contributed by atoms with van der Waals surface area (Å²) in [6.45, 7) is 7.32. The Balaban J connectivity index is 0.000000158. The molecule has 3 saturated heterocycles. The number of aromatic amines is 3. The summed E-state index contributed by atoms with van der Waals surface area (Å²) in [5.41, 5.74) is 1.60. The molecule has 9 aromatic rings. The average molecular weight is 1420 g/mol. The molecule has 3 aromatic heterocycles. The minimum atomic E-state index is -3.96. The van der Waals surface area contributed by atoms with Gasteiger partial charge in [0, 0.05) is 146 Å². The van der Waals surface area contributed by atoms with Crippen molar-refractivity contribution in [2.75, 3.05) is 75.0 Å². The molecule has 516 valence electrons. The van der Waals surface area contributed by atoms with Gasteiger partial charge >= 0.3 is 0 Å². The number of nitrogens with zero attached hydrogens (tertiary/aromatic N) is 3. The molecule has 3 aliphatic heterocycles. The SMILES string of the molecule is CC1CN(S(=O)(=O)c2cc(C(=O)Nc3cc(F)c(F)c(F)c3)c3cc[nH]c3c2)CCC1CO.CC1CN(S(=O)(=O)c2cc(C(=O)Nc3ccc(F)c(Cl)c3)c3cc[nH]c3c2)CCC1CO.CC1CN(S(=O)(=O)c2cc(C(=O)Nc3ccc(F)c(F)c3)c3cc[nH]c3c2)CCC1CO. The molecule has 6 unspecified atom stereocenters. The Labute approximate surface area is 559 Å². The lowest BCUT2D eigenvalue weighted by molar-refractivity contribution is 0.102. The van der Waals surface area contributed by atoms with E-state index in [9.17, 15) is 81.3 Å². The number of rotatable bonds is 15. The fraction of sp³-hybridized carbons (Fsp3) is 0.318. The molecule has 0 radical (unpaired) electrons. The van der Waals surface area contributed by atoms with E-state index < -0.39 is 82.7 Å². The maximum atomic E-state index is 13.5. The Morgan fingerprint density at radius 3 is 1.08 bits per heavy atom.